The van der Waals surface area contributed by atoms with Gasteiger partial charge in [0.25, 0.3) is 0 Å². The molecule has 0 fully saturated rings. The van der Waals surface area contributed by atoms with Crippen LogP contribution >= 0.6 is 11.3 Å². The Hall–Kier alpha value is -0.380. The van der Waals surface area contributed by atoms with Gasteiger partial charge in [-0.25, -0.2) is 0 Å². The first-order valence-corrected chi connectivity index (χ1v) is 4.86. The highest BCUT2D eigenvalue weighted by Gasteiger charge is 2.27. The van der Waals surface area contributed by atoms with Crippen molar-refractivity contribution in [1.29, 1.82) is 0 Å². The summed E-state index contributed by atoms with van der Waals surface area (Å²) in [6, 6.07) is 3.91. The third-order valence-electron chi connectivity index (χ3n) is 2.14. The first-order chi connectivity index (χ1) is 5.58. The lowest BCUT2D eigenvalue weighted by molar-refractivity contribution is 0.0886. The second-order valence-corrected chi connectivity index (χ2v) is 4.37. The predicted octanol–water partition coefficient (Wildman–Crippen LogP) is 1.78. The Kier molecular flexibility index (Phi) is 2.88. The molecule has 3 heteroatoms. The monoisotopic (exact) mass is 185 g/mol. The molecular weight excluding hydrogens is 170 g/mol. The third-order valence-corrected chi connectivity index (χ3v) is 3.07. The molecule has 1 atom stereocenters. The van der Waals surface area contributed by atoms with E-state index in [1.54, 1.807) is 11.3 Å². The molecule has 0 aliphatic heterocycles. The number of aliphatic hydroxyl groups is 1. The minimum Gasteiger partial charge on any atom is -0.386 e. The number of likely N-dealkylation sites (N-methyl/N-ethyl adjacent to an activating group) is 1. The van der Waals surface area contributed by atoms with E-state index in [0.717, 1.165) is 4.88 Å². The zero-order valence-electron chi connectivity index (χ0n) is 7.66. The van der Waals surface area contributed by atoms with E-state index in [1.165, 1.54) is 0 Å². The van der Waals surface area contributed by atoms with Crippen LogP contribution < -0.4 is 5.32 Å². The summed E-state index contributed by atoms with van der Waals surface area (Å²) in [5, 5.41) is 14.9. The Morgan fingerprint density at radius 2 is 2.25 bits per heavy atom. The van der Waals surface area contributed by atoms with Gasteiger partial charge in [-0.3, -0.25) is 0 Å². The molecule has 2 nitrogen and oxygen atoms in total. The standard InChI is InChI=1S/C9H15NOS/c1-9(2,10-3)8(11)7-5-4-6-12-7/h4-6,8,10-11H,1-3H3. The molecule has 0 amide bonds. The molecule has 1 heterocycles. The summed E-state index contributed by atoms with van der Waals surface area (Å²) in [6.45, 7) is 3.97. The second-order valence-electron chi connectivity index (χ2n) is 3.39. The molecule has 68 valence electrons. The SMILES string of the molecule is CNC(C)(C)C(O)c1cccs1. The van der Waals surface area contributed by atoms with Crippen LogP contribution in [0, 0.1) is 0 Å². The van der Waals surface area contributed by atoms with Crippen molar-refractivity contribution in [3.8, 4) is 0 Å². The number of hydrogen-bond donors (Lipinski definition) is 2. The zero-order valence-corrected chi connectivity index (χ0v) is 8.48. The first-order valence-electron chi connectivity index (χ1n) is 3.98. The quantitative estimate of drug-likeness (QED) is 0.752. The summed E-state index contributed by atoms with van der Waals surface area (Å²) >= 11 is 1.58. The van der Waals surface area contributed by atoms with E-state index in [1.807, 2.05) is 38.4 Å². The highest BCUT2D eigenvalue weighted by atomic mass is 32.1. The maximum absolute atomic E-state index is 9.89. The molecule has 0 aliphatic carbocycles. The van der Waals surface area contributed by atoms with Gasteiger partial charge in [0.15, 0.2) is 0 Å². The molecule has 2 N–H and O–H groups in total. The van der Waals surface area contributed by atoms with Crippen LogP contribution in [0.5, 0.6) is 0 Å². The van der Waals surface area contributed by atoms with Gasteiger partial charge < -0.3 is 10.4 Å². The van der Waals surface area contributed by atoms with Crippen LogP contribution in [0.4, 0.5) is 0 Å². The average Bonchev–Trinajstić information content (AvgIpc) is 2.55. The second kappa shape index (κ2) is 3.56. The van der Waals surface area contributed by atoms with Crippen LogP contribution in [-0.2, 0) is 0 Å². The largest absolute Gasteiger partial charge is 0.386 e. The van der Waals surface area contributed by atoms with Gasteiger partial charge in [0.2, 0.25) is 0 Å². The van der Waals surface area contributed by atoms with E-state index in [0.29, 0.717) is 0 Å². The third kappa shape index (κ3) is 1.86. The van der Waals surface area contributed by atoms with Crippen molar-refractivity contribution in [1.82, 2.24) is 5.32 Å². The van der Waals surface area contributed by atoms with Crippen LogP contribution in [0.15, 0.2) is 17.5 Å². The fourth-order valence-corrected chi connectivity index (χ4v) is 1.83. The molecule has 0 radical (unpaired) electrons. The molecule has 0 spiro atoms. The molecule has 1 unspecified atom stereocenters. The van der Waals surface area contributed by atoms with E-state index in [9.17, 15) is 5.11 Å². The maximum Gasteiger partial charge on any atom is 0.106 e. The molecule has 0 bridgehead atoms. The molecule has 12 heavy (non-hydrogen) atoms. The average molecular weight is 185 g/mol. The van der Waals surface area contributed by atoms with Gasteiger partial charge in [-0.15, -0.1) is 11.3 Å². The van der Waals surface area contributed by atoms with Crippen molar-refractivity contribution in [2.75, 3.05) is 7.05 Å². The normalized spacial score (nSPS) is 14.7. The van der Waals surface area contributed by atoms with Crippen LogP contribution in [0.25, 0.3) is 0 Å². The lowest BCUT2D eigenvalue weighted by Gasteiger charge is -2.29. The van der Waals surface area contributed by atoms with Gasteiger partial charge in [0.1, 0.15) is 6.10 Å². The lowest BCUT2D eigenvalue weighted by atomic mass is 9.96. The van der Waals surface area contributed by atoms with Crippen molar-refractivity contribution in [2.45, 2.75) is 25.5 Å². The highest BCUT2D eigenvalue weighted by Crippen LogP contribution is 2.28. The van der Waals surface area contributed by atoms with Crippen molar-refractivity contribution in [3.05, 3.63) is 22.4 Å². The van der Waals surface area contributed by atoms with Gasteiger partial charge in [0, 0.05) is 10.4 Å². The summed E-state index contributed by atoms with van der Waals surface area (Å²) in [6.07, 6.45) is -0.428. The van der Waals surface area contributed by atoms with Gasteiger partial charge in [-0.2, -0.15) is 0 Å². The van der Waals surface area contributed by atoms with Crippen LogP contribution in [-0.4, -0.2) is 17.7 Å². The Labute approximate surface area is 77.2 Å². The van der Waals surface area contributed by atoms with Crippen molar-refractivity contribution in [3.63, 3.8) is 0 Å². The summed E-state index contributed by atoms with van der Waals surface area (Å²) in [5.74, 6) is 0. The number of rotatable bonds is 3. The number of aliphatic hydroxyl groups excluding tert-OH is 1. The summed E-state index contributed by atoms with van der Waals surface area (Å²) in [5.41, 5.74) is -0.259. The van der Waals surface area contributed by atoms with Gasteiger partial charge >= 0.3 is 0 Å². The number of hydrogen-bond acceptors (Lipinski definition) is 3. The summed E-state index contributed by atoms with van der Waals surface area (Å²) < 4.78 is 0. The zero-order chi connectivity index (χ0) is 9.19. The van der Waals surface area contributed by atoms with E-state index in [2.05, 4.69) is 5.32 Å². The van der Waals surface area contributed by atoms with Gasteiger partial charge in [-0.05, 0) is 32.3 Å². The molecule has 0 saturated heterocycles. The fourth-order valence-electron chi connectivity index (χ4n) is 0.939. The van der Waals surface area contributed by atoms with E-state index in [-0.39, 0.29) is 5.54 Å². The topological polar surface area (TPSA) is 32.3 Å². The minimum absolute atomic E-state index is 0.259. The Balaban J connectivity index is 2.78. The number of thiophene rings is 1. The van der Waals surface area contributed by atoms with Crippen LogP contribution in [0.2, 0.25) is 0 Å². The van der Waals surface area contributed by atoms with E-state index >= 15 is 0 Å². The molecule has 0 aliphatic rings. The van der Waals surface area contributed by atoms with Crippen molar-refractivity contribution >= 4 is 11.3 Å². The summed E-state index contributed by atoms with van der Waals surface area (Å²) in [4.78, 5) is 1.01. The van der Waals surface area contributed by atoms with E-state index in [4.69, 9.17) is 0 Å². The number of nitrogens with one attached hydrogen (secondary N) is 1. The van der Waals surface area contributed by atoms with Crippen molar-refractivity contribution < 1.29 is 5.11 Å². The Morgan fingerprint density at radius 1 is 1.58 bits per heavy atom. The van der Waals surface area contributed by atoms with E-state index < -0.39 is 6.10 Å². The molecule has 1 rings (SSSR count). The summed E-state index contributed by atoms with van der Waals surface area (Å²) in [7, 11) is 1.86. The Bertz CT molecular complexity index is 231. The first kappa shape index (κ1) is 9.71. The van der Waals surface area contributed by atoms with Gasteiger partial charge in [0.05, 0.1) is 0 Å². The molecular formula is C9H15NOS. The minimum atomic E-state index is -0.428. The lowest BCUT2D eigenvalue weighted by Crippen LogP contribution is -2.42. The highest BCUT2D eigenvalue weighted by molar-refractivity contribution is 7.10. The predicted molar refractivity (Wildman–Crippen MR) is 52.4 cm³/mol. The molecule has 0 aromatic carbocycles. The maximum atomic E-state index is 9.89. The molecule has 0 saturated carbocycles. The van der Waals surface area contributed by atoms with Crippen LogP contribution in [0.3, 0.4) is 0 Å². The molecule has 1 aromatic heterocycles. The smallest absolute Gasteiger partial charge is 0.106 e. The van der Waals surface area contributed by atoms with Gasteiger partial charge in [-0.1, -0.05) is 6.07 Å². The molecule has 1 aromatic rings. The fraction of sp³-hybridized carbons (Fsp3) is 0.556. The van der Waals surface area contributed by atoms with Crippen LogP contribution in [0.1, 0.15) is 24.8 Å². The Morgan fingerprint density at radius 3 is 2.67 bits per heavy atom. The van der Waals surface area contributed by atoms with Crippen molar-refractivity contribution in [2.24, 2.45) is 0 Å².